The number of anilines is 1. The molecular weight excluding hydrogens is 317 g/mol. The highest BCUT2D eigenvalue weighted by Crippen LogP contribution is 2.24. The predicted octanol–water partition coefficient (Wildman–Crippen LogP) is 0.777. The molecule has 1 aliphatic rings. The summed E-state index contributed by atoms with van der Waals surface area (Å²) in [6, 6.07) is 1.31. The number of carbonyl (C=O) groups excluding carboxylic acids is 2. The molecule has 6 nitrogen and oxygen atoms in total. The van der Waals surface area contributed by atoms with Crippen LogP contribution in [0.2, 0.25) is 0 Å². The van der Waals surface area contributed by atoms with Crippen LogP contribution in [0, 0.1) is 17.5 Å². The number of benzene rings is 1. The van der Waals surface area contributed by atoms with E-state index >= 15 is 0 Å². The third-order valence-corrected chi connectivity index (χ3v) is 3.21. The van der Waals surface area contributed by atoms with Gasteiger partial charge in [0.15, 0.2) is 17.5 Å². The Balaban J connectivity index is 2.37. The Labute approximate surface area is 129 Å². The lowest BCUT2D eigenvalue weighted by Crippen LogP contribution is -2.31. The summed E-state index contributed by atoms with van der Waals surface area (Å²) in [6.07, 6.45) is 0. The van der Waals surface area contributed by atoms with Crippen molar-refractivity contribution in [3.63, 3.8) is 0 Å². The molecule has 0 spiro atoms. The second-order valence-electron chi connectivity index (χ2n) is 4.67. The monoisotopic (exact) mass is 330 g/mol. The van der Waals surface area contributed by atoms with Crippen molar-refractivity contribution in [3.05, 3.63) is 40.9 Å². The van der Waals surface area contributed by atoms with Crippen LogP contribution in [0.4, 0.5) is 18.9 Å². The summed E-state index contributed by atoms with van der Waals surface area (Å²) in [7, 11) is 1.11. The molecule has 1 heterocycles. The van der Waals surface area contributed by atoms with Gasteiger partial charge >= 0.3 is 5.97 Å². The Kier molecular flexibility index (Phi) is 4.89. The fourth-order valence-electron chi connectivity index (χ4n) is 2.12. The predicted molar refractivity (Wildman–Crippen MR) is 72.6 cm³/mol. The zero-order valence-corrected chi connectivity index (χ0v) is 12.0. The average molecular weight is 330 g/mol. The number of hydrogen-bond acceptors (Lipinski definition) is 5. The number of aliphatic hydroxyl groups excluding tert-OH is 1. The smallest absolute Gasteiger partial charge is 0.337 e. The van der Waals surface area contributed by atoms with Crippen LogP contribution in [0.25, 0.3) is 0 Å². The summed E-state index contributed by atoms with van der Waals surface area (Å²) < 4.78 is 44.0. The lowest BCUT2D eigenvalue weighted by molar-refractivity contribution is -0.136. The summed E-state index contributed by atoms with van der Waals surface area (Å²) in [5.41, 5.74) is -0.538. The SMILES string of the molecule is COC(=O)C1=C(Nc2cc(F)c(F)c(F)c2)C(=O)N(CCO)C1. The van der Waals surface area contributed by atoms with Gasteiger partial charge in [-0.2, -0.15) is 0 Å². The molecular formula is C14H13F3N2O4. The Morgan fingerprint density at radius 3 is 2.48 bits per heavy atom. The summed E-state index contributed by atoms with van der Waals surface area (Å²) in [5, 5.41) is 11.3. The van der Waals surface area contributed by atoms with Crippen molar-refractivity contribution in [2.75, 3.05) is 32.1 Å². The Morgan fingerprint density at radius 2 is 1.96 bits per heavy atom. The summed E-state index contributed by atoms with van der Waals surface area (Å²) in [5.74, 6) is -5.97. The molecule has 0 saturated carbocycles. The number of rotatable bonds is 5. The second kappa shape index (κ2) is 6.69. The first kappa shape index (κ1) is 16.8. The van der Waals surface area contributed by atoms with Crippen molar-refractivity contribution < 1.29 is 32.6 Å². The summed E-state index contributed by atoms with van der Waals surface area (Å²) in [6.45, 7) is -0.482. The molecule has 1 amide bonds. The van der Waals surface area contributed by atoms with Gasteiger partial charge in [0, 0.05) is 24.4 Å². The number of halogens is 3. The van der Waals surface area contributed by atoms with Crippen molar-refractivity contribution in [3.8, 4) is 0 Å². The van der Waals surface area contributed by atoms with Gasteiger partial charge in [0.05, 0.1) is 25.8 Å². The number of nitrogens with one attached hydrogen (secondary N) is 1. The molecule has 0 bridgehead atoms. The van der Waals surface area contributed by atoms with E-state index in [0.29, 0.717) is 12.1 Å². The molecule has 0 radical (unpaired) electrons. The zero-order valence-electron chi connectivity index (χ0n) is 12.0. The van der Waals surface area contributed by atoms with E-state index in [1.54, 1.807) is 0 Å². The van der Waals surface area contributed by atoms with Crippen molar-refractivity contribution in [2.45, 2.75) is 0 Å². The quantitative estimate of drug-likeness (QED) is 0.616. The van der Waals surface area contributed by atoms with E-state index in [9.17, 15) is 22.8 Å². The molecule has 0 aliphatic carbocycles. The highest BCUT2D eigenvalue weighted by Gasteiger charge is 2.34. The van der Waals surface area contributed by atoms with Crippen molar-refractivity contribution >= 4 is 17.6 Å². The second-order valence-corrected chi connectivity index (χ2v) is 4.67. The van der Waals surface area contributed by atoms with Gasteiger partial charge < -0.3 is 20.1 Å². The number of ether oxygens (including phenoxy) is 1. The van der Waals surface area contributed by atoms with E-state index < -0.39 is 29.3 Å². The standard InChI is InChI=1S/C14H13F3N2O4/c1-23-14(22)8-6-19(2-3-20)13(21)12(8)18-7-4-9(15)11(17)10(16)5-7/h4-5,18,20H,2-3,6H2,1H3. The van der Waals surface area contributed by atoms with Gasteiger partial charge in [-0.1, -0.05) is 0 Å². The first-order chi connectivity index (χ1) is 10.9. The minimum Gasteiger partial charge on any atom is -0.466 e. The molecule has 1 aliphatic heterocycles. The molecule has 23 heavy (non-hydrogen) atoms. The van der Waals surface area contributed by atoms with E-state index in [2.05, 4.69) is 10.1 Å². The third-order valence-electron chi connectivity index (χ3n) is 3.21. The fourth-order valence-corrected chi connectivity index (χ4v) is 2.12. The molecule has 0 atom stereocenters. The number of methoxy groups -OCH3 is 1. The third kappa shape index (κ3) is 3.29. The maximum absolute atomic E-state index is 13.2. The van der Waals surface area contributed by atoms with Gasteiger partial charge in [-0.15, -0.1) is 0 Å². The van der Waals surface area contributed by atoms with Gasteiger partial charge in [0.2, 0.25) is 0 Å². The summed E-state index contributed by atoms with van der Waals surface area (Å²) >= 11 is 0. The molecule has 0 unspecified atom stereocenters. The maximum Gasteiger partial charge on any atom is 0.337 e. The number of β-amino-alcohol motifs (C(OH)–C–C–N with tert-alkyl or cyclic N) is 1. The minimum absolute atomic E-state index is 0.0311. The van der Waals surface area contributed by atoms with Gasteiger partial charge in [-0.05, 0) is 0 Å². The normalized spacial score (nSPS) is 14.5. The van der Waals surface area contributed by atoms with Crippen LogP contribution in [0.5, 0.6) is 0 Å². The van der Waals surface area contributed by atoms with Crippen molar-refractivity contribution in [1.29, 1.82) is 0 Å². The minimum atomic E-state index is -1.64. The molecule has 9 heteroatoms. The molecule has 2 rings (SSSR count). The number of carbonyl (C=O) groups is 2. The van der Waals surface area contributed by atoms with Crippen LogP contribution in [0.15, 0.2) is 23.4 Å². The van der Waals surface area contributed by atoms with Crippen LogP contribution in [0.1, 0.15) is 0 Å². The number of amides is 1. The number of nitrogens with zero attached hydrogens (tertiary/aromatic N) is 1. The lowest BCUT2D eigenvalue weighted by Gasteiger charge is -2.15. The molecule has 0 saturated heterocycles. The topological polar surface area (TPSA) is 78.9 Å². The largest absolute Gasteiger partial charge is 0.466 e. The van der Waals surface area contributed by atoms with Crippen LogP contribution < -0.4 is 5.32 Å². The Hall–Kier alpha value is -2.55. The first-order valence-electron chi connectivity index (χ1n) is 6.52. The van der Waals surface area contributed by atoms with E-state index in [1.165, 1.54) is 0 Å². The number of hydrogen-bond donors (Lipinski definition) is 2. The zero-order chi connectivity index (χ0) is 17.1. The van der Waals surface area contributed by atoms with Crippen LogP contribution in [-0.4, -0.2) is 48.7 Å². The van der Waals surface area contributed by atoms with E-state index in [-0.39, 0.29) is 36.7 Å². The first-order valence-corrected chi connectivity index (χ1v) is 6.52. The lowest BCUT2D eigenvalue weighted by atomic mass is 10.2. The van der Waals surface area contributed by atoms with E-state index in [1.807, 2.05) is 0 Å². The molecule has 1 aromatic rings. The molecule has 124 valence electrons. The van der Waals surface area contributed by atoms with E-state index in [4.69, 9.17) is 5.11 Å². The van der Waals surface area contributed by atoms with Gasteiger partial charge in [-0.25, -0.2) is 18.0 Å². The molecule has 1 aromatic carbocycles. The van der Waals surface area contributed by atoms with Crippen molar-refractivity contribution in [2.24, 2.45) is 0 Å². The Bertz CT molecular complexity index is 668. The fraction of sp³-hybridized carbons (Fsp3) is 0.286. The molecule has 0 fully saturated rings. The van der Waals surface area contributed by atoms with Crippen LogP contribution in [-0.2, 0) is 14.3 Å². The Morgan fingerprint density at radius 1 is 1.35 bits per heavy atom. The molecule has 0 aromatic heterocycles. The van der Waals surface area contributed by atoms with Gasteiger partial charge in [0.25, 0.3) is 5.91 Å². The van der Waals surface area contributed by atoms with E-state index in [0.717, 1.165) is 12.0 Å². The van der Waals surface area contributed by atoms with Crippen molar-refractivity contribution in [1.82, 2.24) is 4.90 Å². The summed E-state index contributed by atoms with van der Waals surface area (Å²) in [4.78, 5) is 25.1. The number of esters is 1. The van der Waals surface area contributed by atoms with Gasteiger partial charge in [0.1, 0.15) is 5.70 Å². The number of aliphatic hydroxyl groups is 1. The van der Waals surface area contributed by atoms with Gasteiger partial charge in [-0.3, -0.25) is 4.79 Å². The molecule has 2 N–H and O–H groups in total. The van der Waals surface area contributed by atoms with Crippen LogP contribution >= 0.6 is 0 Å². The highest BCUT2D eigenvalue weighted by atomic mass is 19.2. The highest BCUT2D eigenvalue weighted by molar-refractivity contribution is 6.08. The van der Waals surface area contributed by atoms with Crippen LogP contribution in [0.3, 0.4) is 0 Å². The maximum atomic E-state index is 13.2. The average Bonchev–Trinajstić information content (AvgIpc) is 2.81.